The van der Waals surface area contributed by atoms with E-state index in [1.807, 2.05) is 37.3 Å². The lowest BCUT2D eigenvalue weighted by molar-refractivity contribution is -0.142. The van der Waals surface area contributed by atoms with Crippen molar-refractivity contribution < 1.29 is 14.3 Å². The van der Waals surface area contributed by atoms with Crippen LogP contribution in [0.25, 0.3) is 0 Å². The first kappa shape index (κ1) is 19.4. The fraction of sp³-hybridized carbons (Fsp3) is 0.412. The summed E-state index contributed by atoms with van der Waals surface area (Å²) in [7, 11) is 0. The first-order valence-corrected chi connectivity index (χ1v) is 9.82. The number of ether oxygens (including phenoxy) is 1. The van der Waals surface area contributed by atoms with Crippen molar-refractivity contribution >= 4 is 40.1 Å². The minimum Gasteiger partial charge on any atom is -0.465 e. The van der Waals surface area contributed by atoms with Crippen LogP contribution in [0.3, 0.4) is 0 Å². The number of carbonyl (C=O) groups is 2. The van der Waals surface area contributed by atoms with E-state index in [1.54, 1.807) is 6.92 Å². The maximum atomic E-state index is 12.0. The first-order chi connectivity index (χ1) is 12.1. The summed E-state index contributed by atoms with van der Waals surface area (Å²) < 4.78 is 5.68. The topological polar surface area (TPSA) is 81.2 Å². The molecule has 2 rings (SSSR count). The Kier molecular flexibility index (Phi) is 7.87. The van der Waals surface area contributed by atoms with Gasteiger partial charge in [-0.3, -0.25) is 9.59 Å². The summed E-state index contributed by atoms with van der Waals surface area (Å²) in [5.74, 6) is -0.354. The molecule has 0 aliphatic heterocycles. The van der Waals surface area contributed by atoms with Gasteiger partial charge in [0.05, 0.1) is 6.61 Å². The predicted octanol–water partition coefficient (Wildman–Crippen LogP) is 3.54. The van der Waals surface area contributed by atoms with Crippen LogP contribution in [-0.2, 0) is 20.7 Å². The summed E-state index contributed by atoms with van der Waals surface area (Å²) in [6, 6.07) is 9.84. The number of esters is 1. The summed E-state index contributed by atoms with van der Waals surface area (Å²) in [4.78, 5) is 23.8. The average Bonchev–Trinajstić information content (AvgIpc) is 3.06. The van der Waals surface area contributed by atoms with Crippen LogP contribution in [0.15, 0.2) is 34.7 Å². The second kappa shape index (κ2) is 10.1. The van der Waals surface area contributed by atoms with Crippen molar-refractivity contribution in [3.05, 3.63) is 35.9 Å². The zero-order valence-corrected chi connectivity index (χ0v) is 15.9. The SMILES string of the molecule is CCOC(=O)[C@@H](CC)Sc1nnc(NC(=O)CCc2ccccc2)s1. The number of hydrogen-bond acceptors (Lipinski definition) is 7. The Bertz CT molecular complexity index is 691. The predicted molar refractivity (Wildman–Crippen MR) is 99.9 cm³/mol. The summed E-state index contributed by atoms with van der Waals surface area (Å²) in [5, 5.41) is 10.9. The second-order valence-corrected chi connectivity index (χ2v) is 7.60. The molecule has 8 heteroatoms. The number of anilines is 1. The maximum Gasteiger partial charge on any atom is 0.319 e. The summed E-state index contributed by atoms with van der Waals surface area (Å²) in [6.45, 7) is 4.06. The molecule has 0 saturated carbocycles. The van der Waals surface area contributed by atoms with Crippen molar-refractivity contribution in [1.82, 2.24) is 10.2 Å². The molecule has 1 atom stereocenters. The lowest BCUT2D eigenvalue weighted by Crippen LogP contribution is -2.19. The van der Waals surface area contributed by atoms with Gasteiger partial charge in [0.25, 0.3) is 0 Å². The number of nitrogens with one attached hydrogen (secondary N) is 1. The monoisotopic (exact) mass is 379 g/mol. The van der Waals surface area contributed by atoms with Gasteiger partial charge in [-0.1, -0.05) is 60.4 Å². The van der Waals surface area contributed by atoms with Crippen molar-refractivity contribution in [1.29, 1.82) is 0 Å². The third kappa shape index (κ3) is 6.47. The largest absolute Gasteiger partial charge is 0.465 e. The standard InChI is InChI=1S/C17H21N3O3S2/c1-3-13(15(22)23-4-2)24-17-20-19-16(25-17)18-14(21)11-10-12-8-6-5-7-9-12/h5-9,13H,3-4,10-11H2,1-2H3,(H,18,19,21)/t13-/m1/s1. The van der Waals surface area contributed by atoms with Crippen molar-refractivity contribution in [2.45, 2.75) is 42.7 Å². The van der Waals surface area contributed by atoms with Crippen molar-refractivity contribution in [2.24, 2.45) is 0 Å². The molecule has 1 aromatic carbocycles. The minimum absolute atomic E-state index is 0.103. The Morgan fingerprint density at radius 1 is 1.24 bits per heavy atom. The van der Waals surface area contributed by atoms with Crippen LogP contribution >= 0.6 is 23.1 Å². The Morgan fingerprint density at radius 2 is 2.00 bits per heavy atom. The van der Waals surface area contributed by atoms with Crippen LogP contribution < -0.4 is 5.32 Å². The van der Waals surface area contributed by atoms with Crippen LogP contribution in [0.1, 0.15) is 32.3 Å². The zero-order valence-electron chi connectivity index (χ0n) is 14.2. The summed E-state index contributed by atoms with van der Waals surface area (Å²) in [6.07, 6.45) is 1.70. The van der Waals surface area contributed by atoms with E-state index in [1.165, 1.54) is 23.1 Å². The number of nitrogens with zero attached hydrogens (tertiary/aromatic N) is 2. The number of benzene rings is 1. The molecule has 0 bridgehead atoms. The van der Waals surface area contributed by atoms with Crippen LogP contribution in [0.2, 0.25) is 0 Å². The van der Waals surface area contributed by atoms with Crippen LogP contribution in [0, 0.1) is 0 Å². The van der Waals surface area contributed by atoms with Gasteiger partial charge in [0.1, 0.15) is 5.25 Å². The second-order valence-electron chi connectivity index (χ2n) is 5.17. The number of aryl methyl sites for hydroxylation is 1. The van der Waals surface area contributed by atoms with Gasteiger partial charge < -0.3 is 10.1 Å². The third-order valence-corrected chi connectivity index (χ3v) is 5.57. The van der Waals surface area contributed by atoms with E-state index in [4.69, 9.17) is 4.74 Å². The van der Waals surface area contributed by atoms with Crippen molar-refractivity contribution in [3.63, 3.8) is 0 Å². The molecule has 0 spiro atoms. The van der Waals surface area contributed by atoms with Gasteiger partial charge in [-0.2, -0.15) is 0 Å². The van der Waals surface area contributed by atoms with Crippen molar-refractivity contribution in [3.8, 4) is 0 Å². The van der Waals surface area contributed by atoms with Crippen molar-refractivity contribution in [2.75, 3.05) is 11.9 Å². The van der Waals surface area contributed by atoms with Gasteiger partial charge in [0, 0.05) is 6.42 Å². The smallest absolute Gasteiger partial charge is 0.319 e. The summed E-state index contributed by atoms with van der Waals surface area (Å²) in [5.41, 5.74) is 1.12. The van der Waals surface area contributed by atoms with E-state index in [-0.39, 0.29) is 17.1 Å². The Hall–Kier alpha value is -1.93. The molecule has 134 valence electrons. The van der Waals surface area contributed by atoms with Gasteiger partial charge in [-0.05, 0) is 25.3 Å². The van der Waals surface area contributed by atoms with E-state index in [9.17, 15) is 9.59 Å². The Morgan fingerprint density at radius 3 is 2.68 bits per heavy atom. The number of rotatable bonds is 9. The lowest BCUT2D eigenvalue weighted by Gasteiger charge is -2.10. The van der Waals surface area contributed by atoms with Crippen LogP contribution in [0.5, 0.6) is 0 Å². The molecule has 0 fully saturated rings. The first-order valence-electron chi connectivity index (χ1n) is 8.13. The summed E-state index contributed by atoms with van der Waals surface area (Å²) >= 11 is 2.58. The highest BCUT2D eigenvalue weighted by Crippen LogP contribution is 2.31. The molecule has 0 radical (unpaired) electrons. The molecule has 6 nitrogen and oxygen atoms in total. The number of thioether (sulfide) groups is 1. The third-order valence-electron chi connectivity index (χ3n) is 3.30. The lowest BCUT2D eigenvalue weighted by atomic mass is 10.1. The van der Waals surface area contributed by atoms with E-state index in [0.29, 0.717) is 35.3 Å². The van der Waals surface area contributed by atoms with Gasteiger partial charge in [0.15, 0.2) is 4.34 Å². The molecule has 0 saturated heterocycles. The molecule has 0 unspecified atom stereocenters. The van der Waals surface area contributed by atoms with E-state index in [0.717, 1.165) is 5.56 Å². The molecule has 0 aliphatic rings. The molecule has 25 heavy (non-hydrogen) atoms. The highest BCUT2D eigenvalue weighted by molar-refractivity contribution is 8.02. The molecule has 1 heterocycles. The fourth-order valence-corrected chi connectivity index (χ4v) is 3.98. The zero-order chi connectivity index (χ0) is 18.1. The van der Waals surface area contributed by atoms with Crippen LogP contribution in [0.4, 0.5) is 5.13 Å². The highest BCUT2D eigenvalue weighted by atomic mass is 32.2. The normalized spacial score (nSPS) is 11.8. The van der Waals surface area contributed by atoms with E-state index < -0.39 is 0 Å². The Labute approximate surface area is 155 Å². The number of amides is 1. The molecule has 0 aliphatic carbocycles. The molecule has 2 aromatic rings. The molecular weight excluding hydrogens is 358 g/mol. The fourth-order valence-electron chi connectivity index (χ4n) is 2.05. The quantitative estimate of drug-likeness (QED) is 0.408. The minimum atomic E-state index is -0.311. The highest BCUT2D eigenvalue weighted by Gasteiger charge is 2.21. The molecular formula is C17H21N3O3S2. The van der Waals surface area contributed by atoms with E-state index in [2.05, 4.69) is 15.5 Å². The van der Waals surface area contributed by atoms with Gasteiger partial charge in [-0.15, -0.1) is 10.2 Å². The van der Waals surface area contributed by atoms with Gasteiger partial charge in [0.2, 0.25) is 11.0 Å². The Balaban J connectivity index is 1.83. The van der Waals surface area contributed by atoms with E-state index >= 15 is 0 Å². The number of aromatic nitrogens is 2. The maximum absolute atomic E-state index is 12.0. The molecule has 1 amide bonds. The molecule has 1 N–H and O–H groups in total. The number of carbonyl (C=O) groups excluding carboxylic acids is 2. The van der Waals surface area contributed by atoms with Gasteiger partial charge in [-0.25, -0.2) is 0 Å². The number of hydrogen-bond donors (Lipinski definition) is 1. The molecule has 1 aromatic heterocycles. The van der Waals surface area contributed by atoms with Crippen LogP contribution in [-0.4, -0.2) is 33.9 Å². The van der Waals surface area contributed by atoms with Gasteiger partial charge >= 0.3 is 5.97 Å². The average molecular weight is 380 g/mol.